The first-order valence-electron chi connectivity index (χ1n) is 7.01. The molecular weight excluding hydrogens is 378 g/mol. The third kappa shape index (κ3) is 3.54. The molecule has 23 heavy (non-hydrogen) atoms. The van der Waals surface area contributed by atoms with Crippen molar-refractivity contribution in [2.24, 2.45) is 0 Å². The molecule has 4 nitrogen and oxygen atoms in total. The fourth-order valence-corrected chi connectivity index (χ4v) is 4.03. The molecule has 1 atom stereocenters. The predicted molar refractivity (Wildman–Crippen MR) is 94.1 cm³/mol. The van der Waals surface area contributed by atoms with Crippen LogP contribution < -0.4 is 4.90 Å². The van der Waals surface area contributed by atoms with Crippen LogP contribution in [0.3, 0.4) is 0 Å². The van der Waals surface area contributed by atoms with Crippen LogP contribution in [0.4, 0.5) is 5.69 Å². The molecular formula is C17H14BrNO3S. The average molecular weight is 392 g/mol. The van der Waals surface area contributed by atoms with Crippen molar-refractivity contribution in [3.8, 4) is 0 Å². The lowest BCUT2D eigenvalue weighted by atomic mass is 10.1. The number of amides is 1. The van der Waals surface area contributed by atoms with Crippen LogP contribution in [0.15, 0.2) is 70.6 Å². The smallest absolute Gasteiger partial charge is 0.258 e. The fourth-order valence-electron chi connectivity index (χ4n) is 2.50. The van der Waals surface area contributed by atoms with Gasteiger partial charge in [-0.3, -0.25) is 4.79 Å². The van der Waals surface area contributed by atoms with E-state index >= 15 is 0 Å². The minimum Gasteiger partial charge on any atom is -0.300 e. The highest BCUT2D eigenvalue weighted by Crippen LogP contribution is 2.26. The second-order valence-electron chi connectivity index (χ2n) is 5.24. The summed E-state index contributed by atoms with van der Waals surface area (Å²) in [6.45, 7) is 0. The molecule has 0 N–H and O–H groups in total. The van der Waals surface area contributed by atoms with Crippen molar-refractivity contribution in [3.05, 3.63) is 76.1 Å². The van der Waals surface area contributed by atoms with Crippen molar-refractivity contribution < 1.29 is 13.2 Å². The number of benzene rings is 2. The Labute approximate surface area is 143 Å². The van der Waals surface area contributed by atoms with E-state index in [0.29, 0.717) is 11.3 Å². The van der Waals surface area contributed by atoms with E-state index in [0.717, 1.165) is 4.47 Å². The average Bonchev–Trinajstić information content (AvgIpc) is 2.90. The molecule has 0 aliphatic carbocycles. The SMILES string of the molecule is O=C(c1ccccc1)N(c1ccc(Br)cc1)[C@@H]1C=CS(=O)(=O)C1. The van der Waals surface area contributed by atoms with Crippen molar-refractivity contribution in [2.75, 3.05) is 10.7 Å². The Kier molecular flexibility index (Phi) is 4.37. The second-order valence-corrected chi connectivity index (χ2v) is 8.09. The molecule has 6 heteroatoms. The van der Waals surface area contributed by atoms with Crippen molar-refractivity contribution in [3.63, 3.8) is 0 Å². The van der Waals surface area contributed by atoms with E-state index in [1.807, 2.05) is 18.2 Å². The minimum atomic E-state index is -3.26. The van der Waals surface area contributed by atoms with Gasteiger partial charge in [-0.05, 0) is 42.5 Å². The first-order chi connectivity index (χ1) is 11.0. The maximum absolute atomic E-state index is 12.9. The summed E-state index contributed by atoms with van der Waals surface area (Å²) in [4.78, 5) is 14.4. The number of hydrogen-bond acceptors (Lipinski definition) is 3. The molecule has 0 saturated heterocycles. The van der Waals surface area contributed by atoms with Gasteiger partial charge >= 0.3 is 0 Å². The summed E-state index contributed by atoms with van der Waals surface area (Å²) in [5, 5.41) is 1.18. The zero-order chi connectivity index (χ0) is 16.4. The summed E-state index contributed by atoms with van der Waals surface area (Å²) in [5.41, 5.74) is 1.18. The molecule has 2 aromatic rings. The minimum absolute atomic E-state index is 0.0956. The number of anilines is 1. The van der Waals surface area contributed by atoms with Crippen LogP contribution in [0.2, 0.25) is 0 Å². The van der Waals surface area contributed by atoms with Crippen LogP contribution in [-0.4, -0.2) is 26.1 Å². The van der Waals surface area contributed by atoms with Gasteiger partial charge in [-0.15, -0.1) is 0 Å². The molecule has 0 spiro atoms. The topological polar surface area (TPSA) is 54.5 Å². The number of rotatable bonds is 3. The number of carbonyl (C=O) groups excluding carboxylic acids is 1. The first kappa shape index (κ1) is 16.0. The Bertz CT molecular complexity index is 845. The van der Waals surface area contributed by atoms with Gasteiger partial charge in [-0.25, -0.2) is 8.42 Å². The third-order valence-electron chi connectivity index (χ3n) is 3.59. The van der Waals surface area contributed by atoms with Gasteiger partial charge in [0.2, 0.25) is 0 Å². The summed E-state index contributed by atoms with van der Waals surface area (Å²) in [7, 11) is -3.26. The molecule has 0 bridgehead atoms. The largest absolute Gasteiger partial charge is 0.300 e. The van der Waals surface area contributed by atoms with Crippen LogP contribution in [0.5, 0.6) is 0 Å². The molecule has 118 valence electrons. The Morgan fingerprint density at radius 3 is 2.26 bits per heavy atom. The Balaban J connectivity index is 2.02. The molecule has 0 fully saturated rings. The van der Waals surface area contributed by atoms with Gasteiger partial charge in [-0.2, -0.15) is 0 Å². The lowest BCUT2D eigenvalue weighted by Crippen LogP contribution is -2.41. The monoisotopic (exact) mass is 391 g/mol. The van der Waals surface area contributed by atoms with E-state index in [-0.39, 0.29) is 11.7 Å². The van der Waals surface area contributed by atoms with E-state index in [1.165, 1.54) is 10.3 Å². The third-order valence-corrected chi connectivity index (χ3v) is 5.49. The molecule has 1 aliphatic heterocycles. The van der Waals surface area contributed by atoms with Crippen LogP contribution >= 0.6 is 15.9 Å². The number of carbonyl (C=O) groups is 1. The zero-order valence-corrected chi connectivity index (χ0v) is 14.5. The molecule has 0 aromatic heterocycles. The molecule has 1 heterocycles. The van der Waals surface area contributed by atoms with E-state index < -0.39 is 15.9 Å². The Morgan fingerprint density at radius 1 is 1.04 bits per heavy atom. The van der Waals surface area contributed by atoms with Crippen LogP contribution in [0.25, 0.3) is 0 Å². The maximum Gasteiger partial charge on any atom is 0.258 e. The lowest BCUT2D eigenvalue weighted by molar-refractivity contribution is 0.0983. The lowest BCUT2D eigenvalue weighted by Gasteiger charge is -2.28. The number of halogens is 1. The van der Waals surface area contributed by atoms with Gasteiger partial charge in [-0.1, -0.05) is 34.1 Å². The van der Waals surface area contributed by atoms with Crippen molar-refractivity contribution in [1.82, 2.24) is 0 Å². The van der Waals surface area contributed by atoms with E-state index in [2.05, 4.69) is 15.9 Å². The highest BCUT2D eigenvalue weighted by molar-refractivity contribution is 9.10. The summed E-state index contributed by atoms with van der Waals surface area (Å²) < 4.78 is 24.4. The number of nitrogens with zero attached hydrogens (tertiary/aromatic N) is 1. The van der Waals surface area contributed by atoms with Crippen LogP contribution in [-0.2, 0) is 9.84 Å². The second kappa shape index (κ2) is 6.29. The molecule has 2 aromatic carbocycles. The molecule has 0 saturated carbocycles. The van der Waals surface area contributed by atoms with Crippen LogP contribution in [0.1, 0.15) is 10.4 Å². The van der Waals surface area contributed by atoms with Gasteiger partial charge in [0.1, 0.15) is 0 Å². The molecule has 0 unspecified atom stereocenters. The van der Waals surface area contributed by atoms with Crippen LogP contribution in [0, 0.1) is 0 Å². The standard InChI is InChI=1S/C17H14BrNO3S/c18-14-6-8-15(9-7-14)19(16-10-11-23(21,22)12-16)17(20)13-4-2-1-3-5-13/h1-11,16H,12H2/t16-/m1/s1. The quantitative estimate of drug-likeness (QED) is 0.805. The highest BCUT2D eigenvalue weighted by atomic mass is 79.9. The normalized spacial score (nSPS) is 18.7. The van der Waals surface area contributed by atoms with Gasteiger partial charge in [0, 0.05) is 21.1 Å². The zero-order valence-electron chi connectivity index (χ0n) is 12.1. The highest BCUT2D eigenvalue weighted by Gasteiger charge is 2.31. The molecule has 0 radical (unpaired) electrons. The van der Waals surface area contributed by atoms with Gasteiger partial charge in [0.15, 0.2) is 9.84 Å². The maximum atomic E-state index is 12.9. The first-order valence-corrected chi connectivity index (χ1v) is 9.52. The Morgan fingerprint density at radius 2 is 1.70 bits per heavy atom. The van der Waals surface area contributed by atoms with Crippen molar-refractivity contribution in [1.29, 1.82) is 0 Å². The predicted octanol–water partition coefficient (Wildman–Crippen LogP) is 3.41. The summed E-state index contributed by atoms with van der Waals surface area (Å²) >= 11 is 3.36. The van der Waals surface area contributed by atoms with Gasteiger partial charge in [0.25, 0.3) is 5.91 Å². The van der Waals surface area contributed by atoms with E-state index in [4.69, 9.17) is 0 Å². The fraction of sp³-hybridized carbons (Fsp3) is 0.118. The summed E-state index contributed by atoms with van der Waals surface area (Å²) in [6.07, 6.45) is 1.57. The number of hydrogen-bond donors (Lipinski definition) is 0. The molecule has 1 aliphatic rings. The van der Waals surface area contributed by atoms with Crippen molar-refractivity contribution in [2.45, 2.75) is 6.04 Å². The summed E-state index contributed by atoms with van der Waals surface area (Å²) in [6, 6.07) is 15.6. The van der Waals surface area contributed by atoms with E-state index in [1.54, 1.807) is 42.5 Å². The molecule has 3 rings (SSSR count). The Hall–Kier alpha value is -1.92. The van der Waals surface area contributed by atoms with Gasteiger partial charge < -0.3 is 4.90 Å². The number of sulfone groups is 1. The summed E-state index contributed by atoms with van der Waals surface area (Å²) in [5.74, 6) is -0.318. The van der Waals surface area contributed by atoms with Crippen molar-refractivity contribution >= 4 is 37.4 Å². The van der Waals surface area contributed by atoms with E-state index in [9.17, 15) is 13.2 Å². The molecule has 1 amide bonds. The van der Waals surface area contributed by atoms with Gasteiger partial charge in [0.05, 0.1) is 11.8 Å².